The van der Waals surface area contributed by atoms with Crippen LogP contribution in [0.5, 0.6) is 0 Å². The van der Waals surface area contributed by atoms with E-state index in [1.807, 2.05) is 6.08 Å². The first-order chi connectivity index (χ1) is 8.77. The summed E-state index contributed by atoms with van der Waals surface area (Å²) in [5.41, 5.74) is 0. The van der Waals surface area contributed by atoms with Gasteiger partial charge in [-0.2, -0.15) is 0 Å². The molecule has 1 aliphatic rings. The maximum Gasteiger partial charge on any atom is 0.193 e. The van der Waals surface area contributed by atoms with Gasteiger partial charge in [0.15, 0.2) is 5.96 Å². The lowest BCUT2D eigenvalue weighted by molar-refractivity contribution is 0.117. The van der Waals surface area contributed by atoms with Crippen molar-refractivity contribution in [3.63, 3.8) is 0 Å². The average Bonchev–Trinajstić information content (AvgIpc) is 2.87. The molecule has 1 fully saturated rings. The molecule has 104 valence electrons. The fourth-order valence-electron chi connectivity index (χ4n) is 2.02. The van der Waals surface area contributed by atoms with Gasteiger partial charge in [-0.15, -0.1) is 6.58 Å². The van der Waals surface area contributed by atoms with Gasteiger partial charge < -0.3 is 15.0 Å². The molecule has 1 rings (SSSR count). The van der Waals surface area contributed by atoms with Gasteiger partial charge in [0, 0.05) is 26.7 Å². The topological polar surface area (TPSA) is 36.9 Å². The Balaban J connectivity index is 2.39. The molecule has 1 saturated heterocycles. The molecule has 1 aliphatic heterocycles. The van der Waals surface area contributed by atoms with E-state index in [-0.39, 0.29) is 0 Å². The van der Waals surface area contributed by atoms with Crippen LogP contribution in [0.25, 0.3) is 0 Å². The third-order valence-corrected chi connectivity index (χ3v) is 3.07. The Labute approximate surface area is 111 Å². The molecule has 0 amide bonds. The third-order valence-electron chi connectivity index (χ3n) is 3.07. The number of rotatable bonds is 7. The minimum absolute atomic E-state index is 0.320. The summed E-state index contributed by atoms with van der Waals surface area (Å²) >= 11 is 0. The van der Waals surface area contributed by atoms with Crippen LogP contribution in [0.15, 0.2) is 17.6 Å². The van der Waals surface area contributed by atoms with E-state index >= 15 is 0 Å². The molecule has 0 aromatic rings. The van der Waals surface area contributed by atoms with E-state index in [1.54, 1.807) is 0 Å². The number of aliphatic imine (C=N–C) groups is 1. The molecule has 18 heavy (non-hydrogen) atoms. The highest BCUT2D eigenvalue weighted by Gasteiger charge is 2.15. The monoisotopic (exact) mass is 253 g/mol. The normalized spacial score (nSPS) is 19.9. The van der Waals surface area contributed by atoms with Crippen molar-refractivity contribution in [2.45, 2.75) is 38.7 Å². The molecule has 0 aromatic carbocycles. The molecule has 0 saturated carbocycles. The van der Waals surface area contributed by atoms with Gasteiger partial charge in [0.1, 0.15) is 0 Å². The van der Waals surface area contributed by atoms with Crippen molar-refractivity contribution in [1.82, 2.24) is 10.2 Å². The molecule has 0 aliphatic carbocycles. The number of allylic oxidation sites excluding steroid dienone is 1. The largest absolute Gasteiger partial charge is 0.376 e. The second kappa shape index (κ2) is 8.97. The lowest BCUT2D eigenvalue weighted by atomic mass is 10.2. The summed E-state index contributed by atoms with van der Waals surface area (Å²) in [6.07, 6.45) is 6.76. The predicted molar refractivity (Wildman–Crippen MR) is 77.0 cm³/mol. The Morgan fingerprint density at radius 1 is 1.61 bits per heavy atom. The van der Waals surface area contributed by atoms with E-state index in [2.05, 4.69) is 35.8 Å². The Bertz CT molecular complexity index is 260. The minimum atomic E-state index is 0.320. The first-order valence-corrected chi connectivity index (χ1v) is 6.99. The molecular formula is C14H27N3O. The summed E-state index contributed by atoms with van der Waals surface area (Å²) in [6, 6.07) is 0. The number of hydrogen-bond acceptors (Lipinski definition) is 2. The molecular weight excluding hydrogens is 226 g/mol. The first kappa shape index (κ1) is 15.0. The molecule has 4 heteroatoms. The summed E-state index contributed by atoms with van der Waals surface area (Å²) in [5.74, 6) is 0.983. The summed E-state index contributed by atoms with van der Waals surface area (Å²) in [7, 11) is 2.08. The van der Waals surface area contributed by atoms with Gasteiger partial charge in [-0.05, 0) is 32.6 Å². The van der Waals surface area contributed by atoms with E-state index in [9.17, 15) is 0 Å². The van der Waals surface area contributed by atoms with Crippen molar-refractivity contribution in [3.05, 3.63) is 12.7 Å². The van der Waals surface area contributed by atoms with Gasteiger partial charge in [-0.25, -0.2) is 0 Å². The number of nitrogens with zero attached hydrogens (tertiary/aromatic N) is 2. The predicted octanol–water partition coefficient (Wildman–Crippen LogP) is 2.03. The zero-order chi connectivity index (χ0) is 13.2. The van der Waals surface area contributed by atoms with Crippen molar-refractivity contribution < 1.29 is 4.74 Å². The van der Waals surface area contributed by atoms with E-state index in [0.717, 1.165) is 51.5 Å². The highest BCUT2D eigenvalue weighted by Crippen LogP contribution is 2.12. The van der Waals surface area contributed by atoms with Crippen molar-refractivity contribution in [3.8, 4) is 0 Å². The molecule has 0 bridgehead atoms. The van der Waals surface area contributed by atoms with Crippen LogP contribution in [0.4, 0.5) is 0 Å². The Morgan fingerprint density at radius 3 is 3.06 bits per heavy atom. The zero-order valence-electron chi connectivity index (χ0n) is 11.8. The molecule has 1 atom stereocenters. The molecule has 0 spiro atoms. The molecule has 1 N–H and O–H groups in total. The fraction of sp³-hybridized carbons (Fsp3) is 0.786. The second-order valence-corrected chi connectivity index (χ2v) is 4.68. The van der Waals surface area contributed by atoms with Gasteiger partial charge in [-0.3, -0.25) is 4.99 Å². The minimum Gasteiger partial charge on any atom is -0.376 e. The third kappa shape index (κ3) is 5.54. The standard InChI is InChI=1S/C14H27N3O/c1-4-6-7-10-17(3)14(15-5-2)16-12-13-9-8-11-18-13/h4,13H,1,5-12H2,2-3H3,(H,15,16). The van der Waals surface area contributed by atoms with Crippen molar-refractivity contribution in [2.24, 2.45) is 4.99 Å². The lowest BCUT2D eigenvalue weighted by Gasteiger charge is -2.22. The van der Waals surface area contributed by atoms with Crippen molar-refractivity contribution in [1.29, 1.82) is 0 Å². The van der Waals surface area contributed by atoms with Crippen LogP contribution < -0.4 is 5.32 Å². The van der Waals surface area contributed by atoms with E-state index in [0.29, 0.717) is 6.10 Å². The van der Waals surface area contributed by atoms with Crippen LogP contribution in [0.3, 0.4) is 0 Å². The Hall–Kier alpha value is -1.03. The number of nitrogens with one attached hydrogen (secondary N) is 1. The van der Waals surface area contributed by atoms with Crippen LogP contribution in [0.2, 0.25) is 0 Å². The average molecular weight is 253 g/mol. The smallest absolute Gasteiger partial charge is 0.193 e. The fourth-order valence-corrected chi connectivity index (χ4v) is 2.02. The van der Waals surface area contributed by atoms with Gasteiger partial charge >= 0.3 is 0 Å². The maximum atomic E-state index is 5.59. The van der Waals surface area contributed by atoms with Crippen LogP contribution in [-0.2, 0) is 4.74 Å². The molecule has 0 radical (unpaired) electrons. The summed E-state index contributed by atoms with van der Waals surface area (Å²) in [5, 5.41) is 3.33. The van der Waals surface area contributed by atoms with Crippen LogP contribution in [-0.4, -0.2) is 50.3 Å². The maximum absolute atomic E-state index is 5.59. The summed E-state index contributed by atoms with van der Waals surface area (Å²) < 4.78 is 5.59. The second-order valence-electron chi connectivity index (χ2n) is 4.68. The number of hydrogen-bond donors (Lipinski definition) is 1. The highest BCUT2D eigenvalue weighted by molar-refractivity contribution is 5.79. The van der Waals surface area contributed by atoms with Gasteiger partial charge in [0.25, 0.3) is 0 Å². The lowest BCUT2D eigenvalue weighted by Crippen LogP contribution is -2.40. The van der Waals surface area contributed by atoms with Crippen LogP contribution in [0, 0.1) is 0 Å². The zero-order valence-corrected chi connectivity index (χ0v) is 11.8. The quantitative estimate of drug-likeness (QED) is 0.326. The first-order valence-electron chi connectivity index (χ1n) is 6.99. The summed E-state index contributed by atoms with van der Waals surface area (Å²) in [6.45, 7) is 9.41. The number of guanidine groups is 1. The van der Waals surface area contributed by atoms with Gasteiger partial charge in [-0.1, -0.05) is 6.08 Å². The van der Waals surface area contributed by atoms with Crippen molar-refractivity contribution in [2.75, 3.05) is 33.3 Å². The van der Waals surface area contributed by atoms with Gasteiger partial charge in [0.05, 0.1) is 12.6 Å². The number of ether oxygens (including phenoxy) is 1. The number of unbranched alkanes of at least 4 members (excludes halogenated alkanes) is 1. The Morgan fingerprint density at radius 2 is 2.44 bits per heavy atom. The van der Waals surface area contributed by atoms with E-state index in [1.165, 1.54) is 6.42 Å². The van der Waals surface area contributed by atoms with Crippen LogP contribution in [0.1, 0.15) is 32.6 Å². The van der Waals surface area contributed by atoms with Crippen molar-refractivity contribution >= 4 is 5.96 Å². The molecule has 1 unspecified atom stereocenters. The van der Waals surface area contributed by atoms with Crippen LogP contribution >= 0.6 is 0 Å². The Kier molecular flexibility index (Phi) is 7.49. The SMILES string of the molecule is C=CCCCN(C)C(=NCC1CCCO1)NCC. The highest BCUT2D eigenvalue weighted by atomic mass is 16.5. The van der Waals surface area contributed by atoms with E-state index in [4.69, 9.17) is 4.74 Å². The molecule has 4 nitrogen and oxygen atoms in total. The molecule has 1 heterocycles. The molecule has 0 aromatic heterocycles. The van der Waals surface area contributed by atoms with E-state index < -0.39 is 0 Å². The summed E-state index contributed by atoms with van der Waals surface area (Å²) in [4.78, 5) is 6.84. The van der Waals surface area contributed by atoms with Gasteiger partial charge in [0.2, 0.25) is 0 Å².